The molecule has 0 bridgehead atoms. The summed E-state index contributed by atoms with van der Waals surface area (Å²) in [5, 5.41) is 20.0. The highest BCUT2D eigenvalue weighted by Crippen LogP contribution is 2.00. The lowest BCUT2D eigenvalue weighted by Gasteiger charge is -2.07. The highest BCUT2D eigenvalue weighted by atomic mass is 16.4. The first kappa shape index (κ1) is 12.6. The zero-order valence-electron chi connectivity index (χ0n) is 7.90. The SMILES string of the molecule is C=CC(=O)NCCCC(O)CC(=O)O. The third-order valence-corrected chi connectivity index (χ3v) is 1.61. The molecule has 0 aromatic rings. The summed E-state index contributed by atoms with van der Waals surface area (Å²) in [4.78, 5) is 20.8. The molecule has 3 N–H and O–H groups in total. The van der Waals surface area contributed by atoms with Gasteiger partial charge in [-0.15, -0.1) is 0 Å². The van der Waals surface area contributed by atoms with E-state index < -0.39 is 12.1 Å². The molecule has 0 aromatic carbocycles. The van der Waals surface area contributed by atoms with Crippen molar-refractivity contribution < 1.29 is 19.8 Å². The van der Waals surface area contributed by atoms with Gasteiger partial charge in [-0.2, -0.15) is 0 Å². The summed E-state index contributed by atoms with van der Waals surface area (Å²) in [6, 6.07) is 0. The molecular weight excluding hydrogens is 186 g/mol. The van der Waals surface area contributed by atoms with Crippen LogP contribution in [-0.2, 0) is 9.59 Å². The number of aliphatic carboxylic acids is 1. The summed E-state index contributed by atoms with van der Waals surface area (Å²) in [6.45, 7) is 3.69. The molecule has 80 valence electrons. The second kappa shape index (κ2) is 7.08. The number of hydrogen-bond donors (Lipinski definition) is 3. The van der Waals surface area contributed by atoms with Crippen LogP contribution in [0.15, 0.2) is 12.7 Å². The molecule has 0 rings (SSSR count). The van der Waals surface area contributed by atoms with Crippen molar-refractivity contribution in [1.82, 2.24) is 5.32 Å². The fourth-order valence-electron chi connectivity index (χ4n) is 0.925. The number of hydrogen-bond acceptors (Lipinski definition) is 3. The van der Waals surface area contributed by atoms with Crippen LogP contribution in [0, 0.1) is 0 Å². The van der Waals surface area contributed by atoms with Gasteiger partial charge in [0.15, 0.2) is 0 Å². The molecule has 5 nitrogen and oxygen atoms in total. The van der Waals surface area contributed by atoms with Crippen molar-refractivity contribution in [2.24, 2.45) is 0 Å². The van der Waals surface area contributed by atoms with Crippen LogP contribution < -0.4 is 5.32 Å². The molecule has 1 unspecified atom stereocenters. The Hall–Kier alpha value is -1.36. The van der Waals surface area contributed by atoms with Gasteiger partial charge in [-0.05, 0) is 18.9 Å². The topological polar surface area (TPSA) is 86.6 Å². The molecule has 0 fully saturated rings. The smallest absolute Gasteiger partial charge is 0.305 e. The Balaban J connectivity index is 3.40. The van der Waals surface area contributed by atoms with Gasteiger partial charge in [-0.1, -0.05) is 6.58 Å². The standard InChI is InChI=1S/C9H15NO4/c1-2-8(12)10-5-3-4-7(11)6-9(13)14/h2,7,11H,1,3-6H2,(H,10,12)(H,13,14). The van der Waals surface area contributed by atoms with Crippen molar-refractivity contribution in [2.45, 2.75) is 25.4 Å². The van der Waals surface area contributed by atoms with Gasteiger partial charge >= 0.3 is 5.97 Å². The van der Waals surface area contributed by atoms with Crippen LogP contribution >= 0.6 is 0 Å². The van der Waals surface area contributed by atoms with Gasteiger partial charge in [0.05, 0.1) is 12.5 Å². The van der Waals surface area contributed by atoms with Crippen molar-refractivity contribution in [3.8, 4) is 0 Å². The molecule has 0 saturated heterocycles. The Morgan fingerprint density at radius 2 is 2.14 bits per heavy atom. The molecule has 14 heavy (non-hydrogen) atoms. The van der Waals surface area contributed by atoms with E-state index in [1.807, 2.05) is 0 Å². The normalized spacial score (nSPS) is 11.8. The molecule has 0 spiro atoms. The van der Waals surface area contributed by atoms with E-state index in [4.69, 9.17) is 10.2 Å². The maximum Gasteiger partial charge on any atom is 0.305 e. The summed E-state index contributed by atoms with van der Waals surface area (Å²) in [6.07, 6.45) is 0.981. The van der Waals surface area contributed by atoms with Gasteiger partial charge in [-0.3, -0.25) is 9.59 Å². The predicted octanol–water partition coefficient (Wildman–Crippen LogP) is -0.0956. The maximum atomic E-state index is 10.6. The Bertz CT molecular complexity index is 215. The van der Waals surface area contributed by atoms with Gasteiger partial charge in [0.2, 0.25) is 5.91 Å². The fraction of sp³-hybridized carbons (Fsp3) is 0.556. The van der Waals surface area contributed by atoms with Gasteiger partial charge < -0.3 is 15.5 Å². The van der Waals surface area contributed by atoms with Gasteiger partial charge in [0, 0.05) is 6.54 Å². The second-order valence-corrected chi connectivity index (χ2v) is 2.89. The lowest BCUT2D eigenvalue weighted by molar-refractivity contribution is -0.139. The highest BCUT2D eigenvalue weighted by Gasteiger charge is 2.08. The number of carboxylic acids is 1. The number of aliphatic hydroxyl groups is 1. The third-order valence-electron chi connectivity index (χ3n) is 1.61. The molecule has 1 atom stereocenters. The van der Waals surface area contributed by atoms with Gasteiger partial charge in [-0.25, -0.2) is 0 Å². The minimum atomic E-state index is -1.02. The first-order chi connectivity index (χ1) is 6.56. The van der Waals surface area contributed by atoms with E-state index in [2.05, 4.69) is 11.9 Å². The van der Waals surface area contributed by atoms with Crippen LogP contribution in [-0.4, -0.2) is 34.7 Å². The maximum absolute atomic E-state index is 10.6. The zero-order chi connectivity index (χ0) is 11.0. The number of rotatable bonds is 7. The van der Waals surface area contributed by atoms with Crippen molar-refractivity contribution in [3.05, 3.63) is 12.7 Å². The van der Waals surface area contributed by atoms with Crippen LogP contribution in [0.5, 0.6) is 0 Å². The number of carbonyl (C=O) groups excluding carboxylic acids is 1. The molecule has 5 heteroatoms. The molecule has 0 aliphatic carbocycles. The molecule has 0 aromatic heterocycles. The largest absolute Gasteiger partial charge is 0.481 e. The summed E-state index contributed by atoms with van der Waals surface area (Å²) < 4.78 is 0. The number of carboxylic acid groups (broad SMARTS) is 1. The van der Waals surface area contributed by atoms with E-state index in [1.165, 1.54) is 0 Å². The fourth-order valence-corrected chi connectivity index (χ4v) is 0.925. The van der Waals surface area contributed by atoms with Gasteiger partial charge in [0.25, 0.3) is 0 Å². The average molecular weight is 201 g/mol. The van der Waals surface area contributed by atoms with Crippen molar-refractivity contribution in [1.29, 1.82) is 0 Å². The monoisotopic (exact) mass is 201 g/mol. The number of carbonyl (C=O) groups is 2. The van der Waals surface area contributed by atoms with Crippen LogP contribution in [0.25, 0.3) is 0 Å². The Kier molecular flexibility index (Phi) is 6.39. The van der Waals surface area contributed by atoms with Gasteiger partial charge in [0.1, 0.15) is 0 Å². The number of amides is 1. The lowest BCUT2D eigenvalue weighted by atomic mass is 10.1. The Labute approximate surface area is 82.4 Å². The van der Waals surface area contributed by atoms with E-state index in [0.717, 1.165) is 6.08 Å². The van der Waals surface area contributed by atoms with Crippen LogP contribution in [0.4, 0.5) is 0 Å². The molecule has 0 aliphatic heterocycles. The summed E-state index contributed by atoms with van der Waals surface area (Å²) >= 11 is 0. The molecular formula is C9H15NO4. The molecule has 0 aliphatic rings. The highest BCUT2D eigenvalue weighted by molar-refractivity contribution is 5.86. The zero-order valence-corrected chi connectivity index (χ0v) is 7.90. The average Bonchev–Trinajstić information content (AvgIpc) is 2.10. The van der Waals surface area contributed by atoms with Crippen LogP contribution in [0.3, 0.4) is 0 Å². The van der Waals surface area contributed by atoms with Crippen LogP contribution in [0.1, 0.15) is 19.3 Å². The Morgan fingerprint density at radius 3 is 2.64 bits per heavy atom. The predicted molar refractivity (Wildman–Crippen MR) is 50.7 cm³/mol. The third kappa shape index (κ3) is 7.30. The summed E-state index contributed by atoms with van der Waals surface area (Å²) in [5.74, 6) is -1.29. The van der Waals surface area contributed by atoms with Crippen molar-refractivity contribution >= 4 is 11.9 Å². The minimum absolute atomic E-state index is 0.255. The van der Waals surface area contributed by atoms with Crippen molar-refractivity contribution in [2.75, 3.05) is 6.54 Å². The minimum Gasteiger partial charge on any atom is -0.481 e. The van der Waals surface area contributed by atoms with E-state index in [1.54, 1.807) is 0 Å². The first-order valence-corrected chi connectivity index (χ1v) is 4.36. The van der Waals surface area contributed by atoms with E-state index >= 15 is 0 Å². The molecule has 0 radical (unpaired) electrons. The second-order valence-electron chi connectivity index (χ2n) is 2.89. The van der Waals surface area contributed by atoms with Crippen LogP contribution in [0.2, 0.25) is 0 Å². The first-order valence-electron chi connectivity index (χ1n) is 4.36. The Morgan fingerprint density at radius 1 is 1.50 bits per heavy atom. The van der Waals surface area contributed by atoms with E-state index in [0.29, 0.717) is 19.4 Å². The number of aliphatic hydroxyl groups excluding tert-OH is 1. The quantitative estimate of drug-likeness (QED) is 0.396. The van der Waals surface area contributed by atoms with E-state index in [9.17, 15) is 9.59 Å². The van der Waals surface area contributed by atoms with E-state index in [-0.39, 0.29) is 12.3 Å². The summed E-state index contributed by atoms with van der Waals surface area (Å²) in [5.41, 5.74) is 0. The van der Waals surface area contributed by atoms with Crippen molar-refractivity contribution in [3.63, 3.8) is 0 Å². The molecule has 0 saturated carbocycles. The molecule has 1 amide bonds. The lowest BCUT2D eigenvalue weighted by Crippen LogP contribution is -2.23. The molecule has 0 heterocycles. The summed E-state index contributed by atoms with van der Waals surface area (Å²) in [7, 11) is 0. The number of nitrogens with one attached hydrogen (secondary N) is 1.